The third-order valence-corrected chi connectivity index (χ3v) is 3.01. The van der Waals surface area contributed by atoms with Crippen LogP contribution in [0.4, 0.5) is 0 Å². The maximum atomic E-state index is 12.3. The molecule has 0 aliphatic rings. The van der Waals surface area contributed by atoms with Gasteiger partial charge in [0.1, 0.15) is 0 Å². The van der Waals surface area contributed by atoms with E-state index in [-0.39, 0.29) is 11.8 Å². The van der Waals surface area contributed by atoms with Crippen LogP contribution in [0.5, 0.6) is 0 Å². The Hall–Kier alpha value is -1.19. The van der Waals surface area contributed by atoms with Crippen molar-refractivity contribution in [2.75, 3.05) is 13.6 Å². The molecule has 1 N–H and O–H groups in total. The van der Waals surface area contributed by atoms with Gasteiger partial charge in [-0.3, -0.25) is 9.69 Å². The molecule has 0 aromatic heterocycles. The van der Waals surface area contributed by atoms with Gasteiger partial charge in [-0.05, 0) is 34.7 Å². The molecule has 0 heterocycles. The van der Waals surface area contributed by atoms with E-state index in [9.17, 15) is 9.90 Å². The van der Waals surface area contributed by atoms with Crippen molar-refractivity contribution in [2.24, 2.45) is 0 Å². The van der Waals surface area contributed by atoms with Crippen molar-refractivity contribution in [3.63, 3.8) is 0 Å². The minimum Gasteiger partial charge on any atom is -0.389 e. The second kappa shape index (κ2) is 5.63. The molecular formula is C15H23NO2. The summed E-state index contributed by atoms with van der Waals surface area (Å²) < 4.78 is 0. The van der Waals surface area contributed by atoms with Crippen molar-refractivity contribution < 1.29 is 9.90 Å². The molecule has 0 aliphatic heterocycles. The molecule has 1 aromatic carbocycles. The number of likely N-dealkylation sites (N-methyl/N-ethyl adjacent to an activating group) is 1. The fraction of sp³-hybridized carbons (Fsp3) is 0.533. The summed E-state index contributed by atoms with van der Waals surface area (Å²) in [5.41, 5.74) is 1.07. The molecule has 0 radical (unpaired) electrons. The molecule has 0 aliphatic carbocycles. The van der Waals surface area contributed by atoms with Crippen LogP contribution in [0.15, 0.2) is 24.3 Å². The Morgan fingerprint density at radius 1 is 1.33 bits per heavy atom. The van der Waals surface area contributed by atoms with E-state index >= 15 is 0 Å². The Morgan fingerprint density at radius 2 is 1.83 bits per heavy atom. The predicted molar refractivity (Wildman–Crippen MR) is 73.9 cm³/mol. The molecule has 3 heteroatoms. The fourth-order valence-electron chi connectivity index (χ4n) is 1.91. The van der Waals surface area contributed by atoms with E-state index in [2.05, 4.69) is 0 Å². The molecular weight excluding hydrogens is 226 g/mol. The van der Waals surface area contributed by atoms with E-state index in [1.807, 2.05) is 50.1 Å². The summed E-state index contributed by atoms with van der Waals surface area (Å²) in [6.07, 6.45) is 0. The van der Waals surface area contributed by atoms with Crippen LogP contribution in [0.2, 0.25) is 0 Å². The van der Waals surface area contributed by atoms with Gasteiger partial charge in [-0.1, -0.05) is 29.8 Å². The number of ketones is 1. The average Bonchev–Trinajstić information content (AvgIpc) is 2.26. The number of rotatable bonds is 5. The molecule has 1 atom stereocenters. The Bertz CT molecular complexity index is 403. The first-order valence-electron chi connectivity index (χ1n) is 6.24. The fourth-order valence-corrected chi connectivity index (χ4v) is 1.91. The van der Waals surface area contributed by atoms with Gasteiger partial charge in [-0.2, -0.15) is 0 Å². The van der Waals surface area contributed by atoms with Gasteiger partial charge in [-0.25, -0.2) is 0 Å². The number of Topliss-reactive ketones (excluding diaryl/α,β-unsaturated/α-hetero) is 1. The van der Waals surface area contributed by atoms with Crippen LogP contribution in [0.1, 0.15) is 36.7 Å². The van der Waals surface area contributed by atoms with Crippen LogP contribution in [0.3, 0.4) is 0 Å². The maximum Gasteiger partial charge on any atom is 0.179 e. The summed E-state index contributed by atoms with van der Waals surface area (Å²) in [5.74, 6) is 0.0850. The van der Waals surface area contributed by atoms with Gasteiger partial charge in [0.15, 0.2) is 5.78 Å². The second-order valence-corrected chi connectivity index (χ2v) is 5.63. The number of carbonyl (C=O) groups is 1. The van der Waals surface area contributed by atoms with E-state index in [0.29, 0.717) is 6.54 Å². The van der Waals surface area contributed by atoms with Crippen LogP contribution in [0.25, 0.3) is 0 Å². The highest BCUT2D eigenvalue weighted by Gasteiger charge is 2.24. The molecule has 100 valence electrons. The summed E-state index contributed by atoms with van der Waals surface area (Å²) in [7, 11) is 1.86. The van der Waals surface area contributed by atoms with E-state index < -0.39 is 5.60 Å². The molecule has 0 saturated heterocycles. The SMILES string of the molecule is Cc1ccc(C(=O)C(C)N(C)CC(C)(C)O)cc1. The standard InChI is InChI=1S/C15H23NO2/c1-11-6-8-13(9-7-11)14(17)12(2)16(5)10-15(3,4)18/h6-9,12,18H,10H2,1-5H3. The zero-order chi connectivity index (χ0) is 13.9. The maximum absolute atomic E-state index is 12.3. The molecule has 1 unspecified atom stereocenters. The molecule has 1 aromatic rings. The number of hydrogen-bond acceptors (Lipinski definition) is 3. The number of nitrogens with zero attached hydrogens (tertiary/aromatic N) is 1. The highest BCUT2D eigenvalue weighted by molar-refractivity contribution is 5.99. The minimum absolute atomic E-state index is 0.0850. The van der Waals surface area contributed by atoms with Crippen LogP contribution >= 0.6 is 0 Å². The summed E-state index contributed by atoms with van der Waals surface area (Å²) in [6, 6.07) is 7.35. The molecule has 0 bridgehead atoms. The predicted octanol–water partition coefficient (Wildman–Crippen LogP) is 2.27. The van der Waals surface area contributed by atoms with E-state index in [1.54, 1.807) is 13.8 Å². The summed E-state index contributed by atoms with van der Waals surface area (Å²) >= 11 is 0. The Morgan fingerprint density at radius 3 is 2.28 bits per heavy atom. The first kappa shape index (κ1) is 14.9. The topological polar surface area (TPSA) is 40.5 Å². The van der Waals surface area contributed by atoms with Crippen LogP contribution in [0, 0.1) is 6.92 Å². The van der Waals surface area contributed by atoms with Crippen molar-refractivity contribution in [3.05, 3.63) is 35.4 Å². The zero-order valence-corrected chi connectivity index (χ0v) is 11.9. The second-order valence-electron chi connectivity index (χ2n) is 5.63. The van der Waals surface area contributed by atoms with Gasteiger partial charge < -0.3 is 5.11 Å². The third-order valence-electron chi connectivity index (χ3n) is 3.01. The third kappa shape index (κ3) is 4.24. The molecule has 18 heavy (non-hydrogen) atoms. The van der Waals surface area contributed by atoms with Gasteiger partial charge in [0, 0.05) is 12.1 Å². The lowest BCUT2D eigenvalue weighted by molar-refractivity contribution is 0.0330. The molecule has 3 nitrogen and oxygen atoms in total. The molecule has 0 fully saturated rings. The zero-order valence-electron chi connectivity index (χ0n) is 11.9. The number of benzene rings is 1. The lowest BCUT2D eigenvalue weighted by atomic mass is 10.0. The van der Waals surface area contributed by atoms with Crippen LogP contribution in [-0.2, 0) is 0 Å². The highest BCUT2D eigenvalue weighted by atomic mass is 16.3. The van der Waals surface area contributed by atoms with E-state index in [4.69, 9.17) is 0 Å². The van der Waals surface area contributed by atoms with Crippen molar-refractivity contribution >= 4 is 5.78 Å². The highest BCUT2D eigenvalue weighted by Crippen LogP contribution is 2.12. The Balaban J connectivity index is 2.75. The number of aliphatic hydroxyl groups is 1. The van der Waals surface area contributed by atoms with E-state index in [1.165, 1.54) is 0 Å². The van der Waals surface area contributed by atoms with Gasteiger partial charge >= 0.3 is 0 Å². The largest absolute Gasteiger partial charge is 0.389 e. The average molecular weight is 249 g/mol. The van der Waals surface area contributed by atoms with E-state index in [0.717, 1.165) is 11.1 Å². The van der Waals surface area contributed by atoms with Gasteiger partial charge in [0.05, 0.1) is 11.6 Å². The van der Waals surface area contributed by atoms with Crippen LogP contribution < -0.4 is 0 Å². The Labute approximate surface area is 109 Å². The van der Waals surface area contributed by atoms with Gasteiger partial charge in [0.2, 0.25) is 0 Å². The van der Waals surface area contributed by atoms with Crippen molar-refractivity contribution in [1.29, 1.82) is 0 Å². The summed E-state index contributed by atoms with van der Waals surface area (Å²) in [4.78, 5) is 14.1. The minimum atomic E-state index is -0.795. The van der Waals surface area contributed by atoms with Gasteiger partial charge in [-0.15, -0.1) is 0 Å². The van der Waals surface area contributed by atoms with Gasteiger partial charge in [0.25, 0.3) is 0 Å². The normalized spacial score (nSPS) is 13.7. The number of hydrogen-bond donors (Lipinski definition) is 1. The molecule has 0 saturated carbocycles. The Kier molecular flexibility index (Phi) is 4.65. The molecule has 0 amide bonds. The number of carbonyl (C=O) groups excluding carboxylic acids is 1. The summed E-state index contributed by atoms with van der Waals surface area (Å²) in [6.45, 7) is 7.82. The summed E-state index contributed by atoms with van der Waals surface area (Å²) in [5, 5.41) is 9.77. The first-order valence-corrected chi connectivity index (χ1v) is 6.24. The van der Waals surface area contributed by atoms with Crippen molar-refractivity contribution in [2.45, 2.75) is 39.3 Å². The monoisotopic (exact) mass is 249 g/mol. The lowest BCUT2D eigenvalue weighted by Crippen LogP contribution is -2.44. The lowest BCUT2D eigenvalue weighted by Gasteiger charge is -2.29. The molecule has 1 rings (SSSR count). The van der Waals surface area contributed by atoms with Crippen LogP contribution in [-0.4, -0.2) is 41.0 Å². The number of aryl methyl sites for hydroxylation is 1. The quantitative estimate of drug-likeness (QED) is 0.814. The first-order chi connectivity index (χ1) is 8.20. The van der Waals surface area contributed by atoms with Crippen molar-refractivity contribution in [1.82, 2.24) is 4.90 Å². The van der Waals surface area contributed by atoms with Crippen molar-refractivity contribution in [3.8, 4) is 0 Å². The smallest absolute Gasteiger partial charge is 0.179 e. The molecule has 0 spiro atoms.